The molecule has 0 spiro atoms. The van der Waals surface area contributed by atoms with Gasteiger partial charge in [-0.05, 0) is 31.2 Å². The van der Waals surface area contributed by atoms with E-state index >= 15 is 0 Å². The zero-order chi connectivity index (χ0) is 18.0. The van der Waals surface area contributed by atoms with E-state index in [1.54, 1.807) is 0 Å². The SMILES string of the molecule is O=C(O)c1nc(Cl)c(Cl)c(N/N=C2\CCCCc3ccccc32)c1Cl. The predicted octanol–water partition coefficient (Wildman–Crippen LogP) is 5.28. The Morgan fingerprint density at radius 3 is 2.60 bits per heavy atom. The van der Waals surface area contributed by atoms with Gasteiger partial charge in [-0.15, -0.1) is 0 Å². The number of aromatic nitrogens is 1. The number of hydrogen-bond acceptors (Lipinski definition) is 4. The molecule has 25 heavy (non-hydrogen) atoms. The van der Waals surface area contributed by atoms with Crippen molar-refractivity contribution in [1.82, 2.24) is 4.98 Å². The maximum atomic E-state index is 11.2. The Morgan fingerprint density at radius 1 is 1.12 bits per heavy atom. The van der Waals surface area contributed by atoms with Gasteiger partial charge < -0.3 is 5.11 Å². The standard InChI is InChI=1S/C17H14Cl3N3O2/c18-12-14(13(19)16(20)21-15(12)17(24)25)23-22-11-8-4-2-6-9-5-1-3-7-10(9)11/h1,3,5,7H,2,4,6,8H2,(H,21,23)(H,24,25)/b22-11+. The van der Waals surface area contributed by atoms with Gasteiger partial charge >= 0.3 is 5.97 Å². The normalized spacial score (nSPS) is 15.6. The van der Waals surface area contributed by atoms with Crippen LogP contribution in [0.4, 0.5) is 5.69 Å². The molecule has 2 aromatic rings. The number of hydrazone groups is 1. The van der Waals surface area contributed by atoms with Crippen molar-refractivity contribution in [2.75, 3.05) is 5.43 Å². The fraction of sp³-hybridized carbons (Fsp3) is 0.235. The molecule has 0 atom stereocenters. The van der Waals surface area contributed by atoms with Crippen molar-refractivity contribution in [2.45, 2.75) is 25.7 Å². The van der Waals surface area contributed by atoms with Crippen molar-refractivity contribution in [1.29, 1.82) is 0 Å². The van der Waals surface area contributed by atoms with Crippen molar-refractivity contribution in [3.8, 4) is 0 Å². The molecular formula is C17H14Cl3N3O2. The third-order valence-electron chi connectivity index (χ3n) is 3.98. The zero-order valence-electron chi connectivity index (χ0n) is 13.0. The molecule has 0 saturated heterocycles. The number of halogens is 3. The molecule has 0 amide bonds. The molecule has 1 aliphatic rings. The summed E-state index contributed by atoms with van der Waals surface area (Å²) in [5, 5.41) is 13.4. The molecule has 0 fully saturated rings. The number of aromatic carboxylic acids is 1. The van der Waals surface area contributed by atoms with Crippen LogP contribution in [0.25, 0.3) is 0 Å². The first-order valence-corrected chi connectivity index (χ1v) is 8.81. The van der Waals surface area contributed by atoms with E-state index in [2.05, 4.69) is 21.6 Å². The van der Waals surface area contributed by atoms with Crippen LogP contribution in [0.1, 0.15) is 40.9 Å². The number of carbonyl (C=O) groups is 1. The van der Waals surface area contributed by atoms with E-state index in [9.17, 15) is 9.90 Å². The van der Waals surface area contributed by atoms with Gasteiger partial charge in [0.15, 0.2) is 10.8 Å². The Bertz CT molecular complexity index is 868. The molecule has 130 valence electrons. The van der Waals surface area contributed by atoms with Crippen molar-refractivity contribution >= 4 is 52.2 Å². The number of benzene rings is 1. The van der Waals surface area contributed by atoms with Crippen LogP contribution >= 0.6 is 34.8 Å². The van der Waals surface area contributed by atoms with Crippen LogP contribution in [0.5, 0.6) is 0 Å². The van der Waals surface area contributed by atoms with Gasteiger partial charge in [0.2, 0.25) is 0 Å². The fourth-order valence-electron chi connectivity index (χ4n) is 2.76. The number of nitrogens with one attached hydrogen (secondary N) is 1. The molecular weight excluding hydrogens is 385 g/mol. The van der Waals surface area contributed by atoms with E-state index in [4.69, 9.17) is 34.8 Å². The van der Waals surface area contributed by atoms with Gasteiger partial charge in [-0.2, -0.15) is 5.10 Å². The predicted molar refractivity (Wildman–Crippen MR) is 100 cm³/mol. The third-order valence-corrected chi connectivity index (χ3v) is 5.09. The fourth-order valence-corrected chi connectivity index (χ4v) is 3.42. The van der Waals surface area contributed by atoms with Gasteiger partial charge in [0.1, 0.15) is 10.0 Å². The summed E-state index contributed by atoms with van der Waals surface area (Å²) >= 11 is 18.1. The average Bonchev–Trinajstić information content (AvgIpc) is 2.80. The Balaban J connectivity index is 2.01. The maximum absolute atomic E-state index is 11.2. The van der Waals surface area contributed by atoms with Crippen molar-refractivity contribution < 1.29 is 9.90 Å². The van der Waals surface area contributed by atoms with Gasteiger partial charge in [0.25, 0.3) is 0 Å². The molecule has 0 saturated carbocycles. The monoisotopic (exact) mass is 397 g/mol. The Hall–Kier alpha value is -1.82. The summed E-state index contributed by atoms with van der Waals surface area (Å²) in [5.74, 6) is -1.29. The smallest absolute Gasteiger partial charge is 0.356 e. The van der Waals surface area contributed by atoms with Crippen LogP contribution in [0.2, 0.25) is 15.2 Å². The molecule has 1 aromatic carbocycles. The van der Waals surface area contributed by atoms with Gasteiger partial charge in [0.05, 0.1) is 11.4 Å². The Labute approximate surface area is 159 Å². The van der Waals surface area contributed by atoms with Gasteiger partial charge in [-0.1, -0.05) is 59.1 Å². The number of carboxylic acid groups (broad SMARTS) is 1. The van der Waals surface area contributed by atoms with Crippen LogP contribution in [0.15, 0.2) is 29.4 Å². The van der Waals surface area contributed by atoms with Crippen LogP contribution in [-0.4, -0.2) is 21.8 Å². The first-order chi connectivity index (χ1) is 12.0. The number of rotatable bonds is 3. The molecule has 5 nitrogen and oxygen atoms in total. The summed E-state index contributed by atoms with van der Waals surface area (Å²) in [6, 6.07) is 8.07. The third kappa shape index (κ3) is 3.73. The maximum Gasteiger partial charge on any atom is 0.356 e. The highest BCUT2D eigenvalue weighted by molar-refractivity contribution is 6.46. The molecule has 0 radical (unpaired) electrons. The average molecular weight is 399 g/mol. The molecule has 0 aliphatic heterocycles. The molecule has 8 heteroatoms. The lowest BCUT2D eigenvalue weighted by Gasteiger charge is -2.12. The second kappa shape index (κ2) is 7.60. The van der Waals surface area contributed by atoms with E-state index in [0.29, 0.717) is 0 Å². The highest BCUT2D eigenvalue weighted by atomic mass is 35.5. The number of hydrogen-bond donors (Lipinski definition) is 2. The quantitative estimate of drug-likeness (QED) is 0.419. The minimum absolute atomic E-state index is 0.0305. The van der Waals surface area contributed by atoms with Gasteiger partial charge in [-0.25, -0.2) is 9.78 Å². The summed E-state index contributed by atoms with van der Waals surface area (Å²) < 4.78 is 0. The Kier molecular flexibility index (Phi) is 5.47. The van der Waals surface area contributed by atoms with Gasteiger partial charge in [-0.3, -0.25) is 5.43 Å². The van der Waals surface area contributed by atoms with E-state index in [0.717, 1.165) is 37.0 Å². The van der Waals surface area contributed by atoms with Crippen LogP contribution in [0.3, 0.4) is 0 Å². The minimum Gasteiger partial charge on any atom is -0.476 e. The van der Waals surface area contributed by atoms with Crippen molar-refractivity contribution in [3.05, 3.63) is 56.3 Å². The summed E-state index contributed by atoms with van der Waals surface area (Å²) in [7, 11) is 0. The topological polar surface area (TPSA) is 74.6 Å². The highest BCUT2D eigenvalue weighted by Gasteiger charge is 2.21. The number of fused-ring (bicyclic) bond motifs is 1. The number of nitrogens with zero attached hydrogens (tertiary/aromatic N) is 2. The molecule has 1 aromatic heterocycles. The van der Waals surface area contributed by atoms with Gasteiger partial charge in [0, 0.05) is 5.56 Å². The van der Waals surface area contributed by atoms with E-state index in [-0.39, 0.29) is 26.6 Å². The zero-order valence-corrected chi connectivity index (χ0v) is 15.3. The number of anilines is 1. The van der Waals surface area contributed by atoms with Crippen molar-refractivity contribution in [3.63, 3.8) is 0 Å². The van der Waals surface area contributed by atoms with E-state index in [1.807, 2.05) is 18.2 Å². The second-order valence-electron chi connectivity index (χ2n) is 5.59. The summed E-state index contributed by atoms with van der Waals surface area (Å²) in [5.41, 5.74) is 5.72. The molecule has 1 heterocycles. The number of pyridine rings is 1. The van der Waals surface area contributed by atoms with Crippen LogP contribution in [0, 0.1) is 0 Å². The lowest BCUT2D eigenvalue weighted by atomic mass is 10.0. The summed E-state index contributed by atoms with van der Waals surface area (Å²) in [6.07, 6.45) is 3.89. The second-order valence-corrected chi connectivity index (χ2v) is 6.71. The largest absolute Gasteiger partial charge is 0.476 e. The molecule has 1 aliphatic carbocycles. The lowest BCUT2D eigenvalue weighted by Crippen LogP contribution is -2.08. The Morgan fingerprint density at radius 2 is 1.84 bits per heavy atom. The molecule has 3 rings (SSSR count). The van der Waals surface area contributed by atoms with E-state index < -0.39 is 5.97 Å². The first-order valence-electron chi connectivity index (χ1n) is 7.67. The number of aryl methyl sites for hydroxylation is 1. The lowest BCUT2D eigenvalue weighted by molar-refractivity contribution is 0.0691. The van der Waals surface area contributed by atoms with E-state index in [1.165, 1.54) is 5.56 Å². The minimum atomic E-state index is -1.29. The van der Waals surface area contributed by atoms with Crippen LogP contribution in [-0.2, 0) is 6.42 Å². The molecule has 2 N–H and O–H groups in total. The first kappa shape index (κ1) is 18.0. The summed E-state index contributed by atoms with van der Waals surface area (Å²) in [4.78, 5) is 14.9. The summed E-state index contributed by atoms with van der Waals surface area (Å²) in [6.45, 7) is 0. The molecule has 0 unspecified atom stereocenters. The number of carboxylic acids is 1. The molecule has 0 bridgehead atoms. The van der Waals surface area contributed by atoms with Crippen molar-refractivity contribution in [2.24, 2.45) is 5.10 Å². The highest BCUT2D eigenvalue weighted by Crippen LogP contribution is 2.37. The van der Waals surface area contributed by atoms with Crippen LogP contribution < -0.4 is 5.43 Å².